The molecule has 0 aromatic heterocycles. The zero-order valence-electron chi connectivity index (χ0n) is 18.6. The minimum Gasteiger partial charge on any atom is -0.508 e. The first-order valence-corrected chi connectivity index (χ1v) is 13.5. The van der Waals surface area contributed by atoms with Gasteiger partial charge in [0.15, 0.2) is 0 Å². The molecule has 162 valence electrons. The molecule has 1 aliphatic carbocycles. The van der Waals surface area contributed by atoms with Crippen LogP contribution in [-0.4, -0.2) is 10.8 Å². The van der Waals surface area contributed by atoms with Crippen molar-refractivity contribution in [1.29, 1.82) is 0 Å². The predicted molar refractivity (Wildman–Crippen MR) is 140 cm³/mol. The Morgan fingerprint density at radius 1 is 0.469 bits per heavy atom. The molecule has 4 aromatic rings. The maximum atomic E-state index is 8.63. The van der Waals surface area contributed by atoms with Gasteiger partial charge >= 0.3 is 0 Å². The van der Waals surface area contributed by atoms with Crippen LogP contribution in [0.2, 0.25) is 0 Å². The van der Waals surface area contributed by atoms with Crippen LogP contribution < -0.4 is 15.9 Å². The number of phenols is 1. The van der Waals surface area contributed by atoms with Crippen LogP contribution in [0.1, 0.15) is 32.1 Å². The zero-order chi connectivity index (χ0) is 22.1. The molecule has 0 bridgehead atoms. The van der Waals surface area contributed by atoms with Crippen molar-refractivity contribution in [2.24, 2.45) is 0 Å². The average Bonchev–Trinajstić information content (AvgIpc) is 2.88. The Bertz CT molecular complexity index is 946. The van der Waals surface area contributed by atoms with Crippen molar-refractivity contribution >= 4 is 23.2 Å². The molecule has 0 amide bonds. The van der Waals surface area contributed by atoms with Crippen LogP contribution in [-0.2, 0) is 0 Å². The molecule has 1 nitrogen and oxygen atoms in total. The SMILES string of the molecule is Oc1ccccc1.c1ccc([P+](c2ccccc2)(c2ccccc2)C2CCCCC2)cc1. The van der Waals surface area contributed by atoms with E-state index in [-0.39, 0.29) is 0 Å². The van der Waals surface area contributed by atoms with Gasteiger partial charge in [-0.2, -0.15) is 0 Å². The molecule has 0 atom stereocenters. The predicted octanol–water partition coefficient (Wildman–Crippen LogP) is 6.71. The van der Waals surface area contributed by atoms with Crippen LogP contribution in [0.25, 0.3) is 0 Å². The maximum Gasteiger partial charge on any atom is 0.115 e. The van der Waals surface area contributed by atoms with Gasteiger partial charge in [0, 0.05) is 0 Å². The maximum absolute atomic E-state index is 8.63. The highest BCUT2D eigenvalue weighted by Gasteiger charge is 2.51. The minimum atomic E-state index is -1.63. The molecular formula is C30H32OP+. The van der Waals surface area contributed by atoms with Crippen LogP contribution in [0.4, 0.5) is 0 Å². The lowest BCUT2D eigenvalue weighted by Crippen LogP contribution is -2.39. The first kappa shape index (κ1) is 22.3. The standard InChI is InChI=1S/C24H26P.C6H6O/c1-5-13-21(14-6-1)25(22-15-7-2-8-16-22,23-17-9-3-10-18-23)24-19-11-4-12-20-24;7-6-4-2-1-3-5-6/h1-3,5-10,13-18,24H,4,11-12,19-20H2;1-5,7H/q+1;. The van der Waals surface area contributed by atoms with Gasteiger partial charge < -0.3 is 5.11 Å². The Hall–Kier alpha value is -2.89. The van der Waals surface area contributed by atoms with Crippen molar-refractivity contribution in [2.75, 3.05) is 0 Å². The summed E-state index contributed by atoms with van der Waals surface area (Å²) >= 11 is 0. The number of benzene rings is 4. The number of hydrogen-bond donors (Lipinski definition) is 1. The molecule has 5 rings (SSSR count). The van der Waals surface area contributed by atoms with E-state index in [0.29, 0.717) is 5.75 Å². The molecule has 4 aromatic carbocycles. The molecule has 1 N–H and O–H groups in total. The van der Waals surface area contributed by atoms with Gasteiger partial charge in [0.2, 0.25) is 0 Å². The van der Waals surface area contributed by atoms with E-state index in [2.05, 4.69) is 91.0 Å². The van der Waals surface area contributed by atoms with E-state index in [0.717, 1.165) is 5.66 Å². The highest BCUT2D eigenvalue weighted by atomic mass is 31.2. The smallest absolute Gasteiger partial charge is 0.115 e. The second kappa shape index (κ2) is 11.1. The molecule has 1 saturated carbocycles. The number of aromatic hydroxyl groups is 1. The lowest BCUT2D eigenvalue weighted by atomic mass is 10.0. The van der Waals surface area contributed by atoms with Gasteiger partial charge in [-0.25, -0.2) is 0 Å². The van der Waals surface area contributed by atoms with E-state index < -0.39 is 7.26 Å². The lowest BCUT2D eigenvalue weighted by molar-refractivity contribution is 0.475. The van der Waals surface area contributed by atoms with Crippen LogP contribution in [0.15, 0.2) is 121 Å². The summed E-state index contributed by atoms with van der Waals surface area (Å²) in [6.45, 7) is 0. The van der Waals surface area contributed by atoms with Crippen LogP contribution in [0.3, 0.4) is 0 Å². The highest BCUT2D eigenvalue weighted by molar-refractivity contribution is 7.96. The highest BCUT2D eigenvalue weighted by Crippen LogP contribution is 2.63. The van der Waals surface area contributed by atoms with Gasteiger partial charge in [-0.3, -0.25) is 0 Å². The number of hydrogen-bond acceptors (Lipinski definition) is 1. The van der Waals surface area contributed by atoms with E-state index in [1.54, 1.807) is 40.2 Å². The van der Waals surface area contributed by atoms with Crippen LogP contribution in [0.5, 0.6) is 5.75 Å². The zero-order valence-corrected chi connectivity index (χ0v) is 19.4. The largest absolute Gasteiger partial charge is 0.508 e. The third-order valence-electron chi connectivity index (χ3n) is 6.37. The molecule has 2 heteroatoms. The molecule has 0 radical (unpaired) electrons. The van der Waals surface area contributed by atoms with Gasteiger partial charge in [-0.15, -0.1) is 0 Å². The molecule has 0 aliphatic heterocycles. The van der Waals surface area contributed by atoms with Crippen LogP contribution in [0, 0.1) is 0 Å². The Morgan fingerprint density at radius 2 is 0.812 bits per heavy atom. The van der Waals surface area contributed by atoms with Gasteiger partial charge in [0.1, 0.15) is 28.9 Å². The molecule has 0 saturated heterocycles. The quantitative estimate of drug-likeness (QED) is 0.351. The van der Waals surface area contributed by atoms with Crippen molar-refractivity contribution in [2.45, 2.75) is 37.8 Å². The van der Waals surface area contributed by atoms with Gasteiger partial charge in [0.25, 0.3) is 0 Å². The molecule has 1 fully saturated rings. The fraction of sp³-hybridized carbons (Fsp3) is 0.200. The van der Waals surface area contributed by atoms with E-state index in [1.807, 2.05) is 6.07 Å². The summed E-state index contributed by atoms with van der Waals surface area (Å²) in [5.74, 6) is 0.322. The van der Waals surface area contributed by atoms with Gasteiger partial charge in [0.05, 0.1) is 5.66 Å². The Labute approximate surface area is 193 Å². The van der Waals surface area contributed by atoms with E-state index in [4.69, 9.17) is 5.11 Å². The second-order valence-corrected chi connectivity index (χ2v) is 12.1. The number of para-hydroxylation sites is 1. The van der Waals surface area contributed by atoms with E-state index in [1.165, 1.54) is 32.1 Å². The van der Waals surface area contributed by atoms with Crippen molar-refractivity contribution in [3.63, 3.8) is 0 Å². The topological polar surface area (TPSA) is 20.2 Å². The lowest BCUT2D eigenvalue weighted by Gasteiger charge is -2.36. The molecule has 0 heterocycles. The summed E-state index contributed by atoms with van der Waals surface area (Å²) < 4.78 is 0. The van der Waals surface area contributed by atoms with E-state index >= 15 is 0 Å². The van der Waals surface area contributed by atoms with Crippen molar-refractivity contribution in [1.82, 2.24) is 0 Å². The summed E-state index contributed by atoms with van der Waals surface area (Å²) in [5.41, 5.74) is 0.758. The van der Waals surface area contributed by atoms with E-state index in [9.17, 15) is 0 Å². The van der Waals surface area contributed by atoms with Crippen molar-refractivity contribution < 1.29 is 5.11 Å². The second-order valence-electron chi connectivity index (χ2n) is 8.36. The van der Waals surface area contributed by atoms with Crippen LogP contribution >= 0.6 is 7.26 Å². The third kappa shape index (κ3) is 4.95. The Kier molecular flexibility index (Phi) is 7.75. The van der Waals surface area contributed by atoms with Crippen molar-refractivity contribution in [3.8, 4) is 5.75 Å². The summed E-state index contributed by atoms with van der Waals surface area (Å²) in [6.07, 6.45) is 6.85. The summed E-state index contributed by atoms with van der Waals surface area (Å²) in [4.78, 5) is 0. The van der Waals surface area contributed by atoms with Gasteiger partial charge in [-0.1, -0.05) is 79.2 Å². The summed E-state index contributed by atoms with van der Waals surface area (Å²) in [5, 5.41) is 13.3. The Balaban J connectivity index is 0.000000300. The molecule has 32 heavy (non-hydrogen) atoms. The average molecular weight is 440 g/mol. The number of phenolic OH excluding ortho intramolecular Hbond substituents is 1. The fourth-order valence-electron chi connectivity index (χ4n) is 4.97. The molecular weight excluding hydrogens is 407 g/mol. The third-order valence-corrected chi connectivity index (χ3v) is 11.3. The Morgan fingerprint density at radius 3 is 1.12 bits per heavy atom. The normalized spacial score (nSPS) is 14.2. The monoisotopic (exact) mass is 439 g/mol. The fourth-order valence-corrected chi connectivity index (χ4v) is 10.2. The molecule has 0 spiro atoms. The summed E-state index contributed by atoms with van der Waals surface area (Å²) in [7, 11) is -1.63. The van der Waals surface area contributed by atoms with Crippen molar-refractivity contribution in [3.05, 3.63) is 121 Å². The van der Waals surface area contributed by atoms with Gasteiger partial charge in [-0.05, 0) is 74.2 Å². The first-order valence-electron chi connectivity index (χ1n) is 11.6. The molecule has 0 unspecified atom stereocenters. The summed E-state index contributed by atoms with van der Waals surface area (Å²) in [6, 6.07) is 42.7. The molecule has 1 aliphatic rings. The number of rotatable bonds is 4. The first-order chi connectivity index (χ1) is 15.8. The minimum absolute atomic E-state index is 0.322.